The van der Waals surface area contributed by atoms with Crippen molar-refractivity contribution in [3.63, 3.8) is 0 Å². The van der Waals surface area contributed by atoms with E-state index in [1.807, 2.05) is 60.7 Å². The first kappa shape index (κ1) is 20.2. The third kappa shape index (κ3) is 4.71. The third-order valence-corrected chi connectivity index (χ3v) is 5.17. The first-order valence-electron chi connectivity index (χ1n) is 9.94. The second kappa shape index (κ2) is 9.13. The van der Waals surface area contributed by atoms with Gasteiger partial charge in [-0.2, -0.15) is 0 Å². The maximum absolute atomic E-state index is 12.1. The van der Waals surface area contributed by atoms with E-state index in [4.69, 9.17) is 21.3 Å². The smallest absolute Gasteiger partial charge is 0.240 e. The first-order chi connectivity index (χ1) is 14.6. The minimum absolute atomic E-state index is 0.0243. The molecular formula is C23H23ClN4O2. The molecule has 1 saturated heterocycles. The van der Waals surface area contributed by atoms with Crippen LogP contribution in [0.4, 0.5) is 5.95 Å². The molecule has 0 bridgehead atoms. The molecule has 30 heavy (non-hydrogen) atoms. The molecule has 7 heteroatoms. The van der Waals surface area contributed by atoms with Crippen molar-refractivity contribution in [1.29, 1.82) is 0 Å². The normalized spacial score (nSPS) is 15.0. The van der Waals surface area contributed by atoms with Gasteiger partial charge in [-0.1, -0.05) is 18.2 Å². The van der Waals surface area contributed by atoms with Crippen LogP contribution in [0.5, 0.6) is 11.5 Å². The molecule has 0 unspecified atom stereocenters. The maximum Gasteiger partial charge on any atom is 0.240 e. The average molecular weight is 423 g/mol. The number of carbonyl (C=O) groups excluding carboxylic acids is 1. The van der Waals surface area contributed by atoms with Crippen LogP contribution >= 0.6 is 11.6 Å². The lowest BCUT2D eigenvalue weighted by molar-refractivity contribution is -0.130. The van der Waals surface area contributed by atoms with Crippen molar-refractivity contribution in [2.45, 2.75) is 12.3 Å². The Balaban J connectivity index is 1.43. The third-order valence-electron chi connectivity index (χ3n) is 4.99. The number of hydrogen-bond acceptors (Lipinski definition) is 5. The summed E-state index contributed by atoms with van der Waals surface area (Å²) >= 11 is 5.92. The van der Waals surface area contributed by atoms with Gasteiger partial charge in [0.15, 0.2) is 0 Å². The Bertz CT molecular complexity index is 988. The molecule has 6 nitrogen and oxygen atoms in total. The monoisotopic (exact) mass is 422 g/mol. The topological polar surface area (TPSA) is 58.6 Å². The molecule has 1 aliphatic heterocycles. The molecule has 0 spiro atoms. The summed E-state index contributed by atoms with van der Waals surface area (Å²) < 4.78 is 5.85. The highest BCUT2D eigenvalue weighted by molar-refractivity contribution is 6.30. The van der Waals surface area contributed by atoms with Gasteiger partial charge in [-0.25, -0.2) is 9.97 Å². The highest BCUT2D eigenvalue weighted by Gasteiger charge is 2.25. The van der Waals surface area contributed by atoms with Gasteiger partial charge in [-0.3, -0.25) is 4.79 Å². The second-order valence-electron chi connectivity index (χ2n) is 7.11. The Kier molecular flexibility index (Phi) is 6.14. The molecule has 0 N–H and O–H groups in total. The Morgan fingerprint density at radius 3 is 2.30 bits per heavy atom. The number of hydrogen-bond donors (Lipinski definition) is 0. The van der Waals surface area contributed by atoms with Crippen LogP contribution in [0, 0.1) is 0 Å². The van der Waals surface area contributed by atoms with Crippen LogP contribution in [-0.4, -0.2) is 52.3 Å². The number of aromatic nitrogens is 2. The Labute approximate surface area is 181 Å². The van der Waals surface area contributed by atoms with E-state index in [0.29, 0.717) is 32.1 Å². The van der Waals surface area contributed by atoms with Crippen LogP contribution in [0.1, 0.15) is 6.92 Å². The molecule has 0 aliphatic carbocycles. The van der Waals surface area contributed by atoms with Crippen LogP contribution in [0.3, 0.4) is 0 Å². The van der Waals surface area contributed by atoms with E-state index in [9.17, 15) is 4.79 Å². The molecule has 1 fully saturated rings. The van der Waals surface area contributed by atoms with Crippen molar-refractivity contribution in [1.82, 2.24) is 14.9 Å². The van der Waals surface area contributed by atoms with Crippen LogP contribution in [0.2, 0.25) is 0 Å². The van der Waals surface area contributed by atoms with E-state index in [-0.39, 0.29) is 5.91 Å². The van der Waals surface area contributed by atoms with Gasteiger partial charge in [-0.15, -0.1) is 11.6 Å². The zero-order valence-corrected chi connectivity index (χ0v) is 17.5. The van der Waals surface area contributed by atoms with Gasteiger partial charge in [0, 0.05) is 37.9 Å². The number of nitrogens with zero attached hydrogens (tertiary/aromatic N) is 4. The summed E-state index contributed by atoms with van der Waals surface area (Å²) in [5.74, 6) is 2.22. The van der Waals surface area contributed by atoms with Crippen molar-refractivity contribution in [2.24, 2.45) is 0 Å². The molecule has 1 aliphatic rings. The van der Waals surface area contributed by atoms with E-state index in [1.54, 1.807) is 18.0 Å². The minimum atomic E-state index is -0.495. The van der Waals surface area contributed by atoms with Crippen LogP contribution in [0.25, 0.3) is 11.3 Å². The van der Waals surface area contributed by atoms with Crippen molar-refractivity contribution < 1.29 is 9.53 Å². The number of carbonyl (C=O) groups is 1. The number of amides is 1. The summed E-state index contributed by atoms with van der Waals surface area (Å²) in [6, 6.07) is 19.4. The number of anilines is 1. The number of halogens is 1. The number of benzene rings is 2. The van der Waals surface area contributed by atoms with E-state index in [1.165, 1.54) is 0 Å². The second-order valence-corrected chi connectivity index (χ2v) is 7.76. The number of ether oxygens (including phenoxy) is 1. The molecule has 0 saturated carbocycles. The van der Waals surface area contributed by atoms with Crippen molar-refractivity contribution >= 4 is 23.5 Å². The average Bonchev–Trinajstić information content (AvgIpc) is 2.80. The fourth-order valence-corrected chi connectivity index (χ4v) is 3.50. The standard InChI is InChI=1S/C23H23ClN4O2/c1-17(24)22(29)27-13-15-28(16-14-27)23-25-12-11-21(26-23)18-7-9-20(10-8-18)30-19-5-3-2-4-6-19/h2-12,17H,13-16H2,1H3/t17-/m1/s1. The summed E-state index contributed by atoms with van der Waals surface area (Å²) in [6.45, 7) is 4.31. The Hall–Kier alpha value is -3.12. The van der Waals surface area contributed by atoms with Crippen molar-refractivity contribution in [3.05, 3.63) is 66.9 Å². The number of para-hydroxylation sites is 1. The zero-order chi connectivity index (χ0) is 20.9. The van der Waals surface area contributed by atoms with Crippen molar-refractivity contribution in [3.8, 4) is 22.8 Å². The summed E-state index contributed by atoms with van der Waals surface area (Å²) in [6.07, 6.45) is 1.77. The minimum Gasteiger partial charge on any atom is -0.457 e. The molecule has 2 heterocycles. The van der Waals surface area contributed by atoms with Crippen LogP contribution in [0.15, 0.2) is 66.9 Å². The number of rotatable bonds is 5. The fraction of sp³-hybridized carbons (Fsp3) is 0.261. The fourth-order valence-electron chi connectivity index (χ4n) is 3.36. The van der Waals surface area contributed by atoms with E-state index < -0.39 is 5.38 Å². The molecule has 3 aromatic rings. The Morgan fingerprint density at radius 2 is 1.63 bits per heavy atom. The zero-order valence-electron chi connectivity index (χ0n) is 16.7. The van der Waals surface area contributed by atoms with Crippen LogP contribution in [-0.2, 0) is 4.79 Å². The SMILES string of the molecule is C[C@@H](Cl)C(=O)N1CCN(c2nccc(-c3ccc(Oc4ccccc4)cc3)n2)CC1. The van der Waals surface area contributed by atoms with Gasteiger partial charge in [-0.05, 0) is 49.4 Å². The maximum atomic E-state index is 12.1. The van der Waals surface area contributed by atoms with E-state index in [0.717, 1.165) is 22.8 Å². The number of alkyl halides is 1. The molecule has 1 aromatic heterocycles. The molecule has 4 rings (SSSR count). The highest BCUT2D eigenvalue weighted by Crippen LogP contribution is 2.25. The molecule has 1 amide bonds. The summed E-state index contributed by atoms with van der Waals surface area (Å²) in [4.78, 5) is 25.1. The van der Waals surface area contributed by atoms with E-state index in [2.05, 4.69) is 9.88 Å². The molecular weight excluding hydrogens is 400 g/mol. The first-order valence-corrected chi connectivity index (χ1v) is 10.4. The van der Waals surface area contributed by atoms with Gasteiger partial charge in [0.1, 0.15) is 16.9 Å². The summed E-state index contributed by atoms with van der Waals surface area (Å²) in [7, 11) is 0. The quantitative estimate of drug-likeness (QED) is 0.576. The lowest BCUT2D eigenvalue weighted by atomic mass is 10.1. The van der Waals surface area contributed by atoms with Gasteiger partial charge < -0.3 is 14.5 Å². The number of piperazine rings is 1. The van der Waals surface area contributed by atoms with Crippen molar-refractivity contribution in [2.75, 3.05) is 31.1 Å². The molecule has 154 valence electrons. The van der Waals surface area contributed by atoms with Gasteiger partial charge in [0.25, 0.3) is 0 Å². The molecule has 1 atom stereocenters. The Morgan fingerprint density at radius 1 is 0.967 bits per heavy atom. The molecule has 0 radical (unpaired) electrons. The van der Waals surface area contributed by atoms with Gasteiger partial charge >= 0.3 is 0 Å². The van der Waals surface area contributed by atoms with Gasteiger partial charge in [0.05, 0.1) is 5.69 Å². The predicted molar refractivity (Wildman–Crippen MR) is 118 cm³/mol. The predicted octanol–water partition coefficient (Wildman–Crippen LogP) is 4.21. The van der Waals surface area contributed by atoms with E-state index >= 15 is 0 Å². The highest BCUT2D eigenvalue weighted by atomic mass is 35.5. The summed E-state index contributed by atoms with van der Waals surface area (Å²) in [5, 5.41) is -0.495. The van der Waals surface area contributed by atoms with Gasteiger partial charge in [0.2, 0.25) is 11.9 Å². The largest absolute Gasteiger partial charge is 0.457 e. The lowest BCUT2D eigenvalue weighted by Gasteiger charge is -2.35. The molecule has 2 aromatic carbocycles. The van der Waals surface area contributed by atoms with Crippen LogP contribution < -0.4 is 9.64 Å². The lowest BCUT2D eigenvalue weighted by Crippen LogP contribution is -2.50. The summed E-state index contributed by atoms with van der Waals surface area (Å²) in [5.41, 5.74) is 1.84.